The number of rotatable bonds is 5. The lowest BCUT2D eigenvalue weighted by atomic mass is 9.84. The van der Waals surface area contributed by atoms with Crippen LogP contribution in [0.2, 0.25) is 0 Å². The number of nitroso groups, excluding NO2 is 1. The highest BCUT2D eigenvalue weighted by atomic mass is 16.3. The summed E-state index contributed by atoms with van der Waals surface area (Å²) >= 11 is 0. The molecule has 0 aromatic rings. The highest BCUT2D eigenvalue weighted by Gasteiger charge is 2.14. The fourth-order valence-electron chi connectivity index (χ4n) is 2.26. The Morgan fingerprint density at radius 3 is 2.41 bits per heavy atom. The number of hydrogen-bond acceptors (Lipinski definition) is 2. The summed E-state index contributed by atoms with van der Waals surface area (Å²) in [6.07, 6.45) is 10.6. The molecule has 94 valence electrons. The van der Waals surface area contributed by atoms with Crippen LogP contribution in [0.15, 0.2) is 40.6 Å². The molecule has 0 bridgehead atoms. The molecule has 1 fully saturated rings. The Morgan fingerprint density at radius 1 is 1.24 bits per heavy atom. The Balaban J connectivity index is 2.59. The molecule has 1 saturated carbocycles. The zero-order valence-electron chi connectivity index (χ0n) is 11.0. The van der Waals surface area contributed by atoms with E-state index in [-0.39, 0.29) is 6.54 Å². The van der Waals surface area contributed by atoms with E-state index in [2.05, 4.69) is 17.8 Å². The molecule has 0 atom stereocenters. The molecule has 0 heterocycles. The third kappa shape index (κ3) is 4.68. The molecular formula is C15H23NO. The molecule has 0 amide bonds. The zero-order valence-corrected chi connectivity index (χ0v) is 11.0. The van der Waals surface area contributed by atoms with Gasteiger partial charge in [-0.25, -0.2) is 0 Å². The Morgan fingerprint density at radius 2 is 1.88 bits per heavy atom. The van der Waals surface area contributed by atoms with Crippen LogP contribution < -0.4 is 0 Å². The monoisotopic (exact) mass is 233 g/mol. The van der Waals surface area contributed by atoms with Crippen LogP contribution in [0.1, 0.15) is 46.0 Å². The van der Waals surface area contributed by atoms with Gasteiger partial charge in [0.25, 0.3) is 0 Å². The highest BCUT2D eigenvalue weighted by molar-refractivity contribution is 5.31. The maximum atomic E-state index is 10.3. The maximum Gasteiger partial charge on any atom is 0.106 e. The Kier molecular flexibility index (Phi) is 5.88. The molecule has 0 spiro atoms. The first-order chi connectivity index (χ1) is 8.15. The lowest BCUT2D eigenvalue weighted by Gasteiger charge is -2.21. The third-order valence-corrected chi connectivity index (χ3v) is 3.51. The second kappa shape index (κ2) is 7.21. The normalized spacial score (nSPS) is 17.1. The van der Waals surface area contributed by atoms with Gasteiger partial charge in [-0.1, -0.05) is 54.3 Å². The summed E-state index contributed by atoms with van der Waals surface area (Å²) < 4.78 is 0. The fourth-order valence-corrected chi connectivity index (χ4v) is 2.26. The maximum absolute atomic E-state index is 10.3. The van der Waals surface area contributed by atoms with Crippen molar-refractivity contribution in [1.82, 2.24) is 0 Å². The first-order valence-electron chi connectivity index (χ1n) is 6.47. The Hall–Kier alpha value is -1.18. The molecule has 0 aromatic heterocycles. The summed E-state index contributed by atoms with van der Waals surface area (Å²) in [7, 11) is 0. The van der Waals surface area contributed by atoms with Crippen molar-refractivity contribution in [2.45, 2.75) is 46.0 Å². The molecule has 0 N–H and O–H groups in total. The molecular weight excluding hydrogens is 210 g/mol. The van der Waals surface area contributed by atoms with Gasteiger partial charge in [0.05, 0.1) is 0 Å². The predicted octanol–water partition coefficient (Wildman–Crippen LogP) is 4.78. The minimum atomic E-state index is 0.261. The first kappa shape index (κ1) is 13.9. The molecule has 0 saturated heterocycles. The van der Waals surface area contributed by atoms with E-state index in [9.17, 15) is 4.91 Å². The van der Waals surface area contributed by atoms with Crippen LogP contribution in [0.3, 0.4) is 0 Å². The molecule has 17 heavy (non-hydrogen) atoms. The number of hydrogen-bond donors (Lipinski definition) is 0. The summed E-state index contributed by atoms with van der Waals surface area (Å²) in [5.74, 6) is 0.641. The van der Waals surface area contributed by atoms with Crippen molar-refractivity contribution in [2.75, 3.05) is 6.54 Å². The Bertz CT molecular complexity index is 329. The topological polar surface area (TPSA) is 29.4 Å². The zero-order chi connectivity index (χ0) is 12.7. The van der Waals surface area contributed by atoms with E-state index in [0.717, 1.165) is 11.1 Å². The van der Waals surface area contributed by atoms with Crippen molar-refractivity contribution in [1.29, 1.82) is 0 Å². The average Bonchev–Trinajstić information content (AvgIpc) is 2.34. The molecule has 2 nitrogen and oxygen atoms in total. The van der Waals surface area contributed by atoms with Crippen molar-refractivity contribution in [3.05, 3.63) is 40.4 Å². The van der Waals surface area contributed by atoms with Gasteiger partial charge >= 0.3 is 0 Å². The second-order valence-electron chi connectivity index (χ2n) is 5.06. The smallest absolute Gasteiger partial charge is 0.106 e. The van der Waals surface area contributed by atoms with Crippen LogP contribution in [-0.4, -0.2) is 6.54 Å². The van der Waals surface area contributed by atoms with E-state index >= 15 is 0 Å². The Labute approximate surface area is 104 Å². The van der Waals surface area contributed by atoms with Crippen LogP contribution in [0.4, 0.5) is 0 Å². The van der Waals surface area contributed by atoms with Gasteiger partial charge in [-0.3, -0.25) is 0 Å². The van der Waals surface area contributed by atoms with E-state index in [4.69, 9.17) is 0 Å². The minimum Gasteiger partial charge on any atom is -0.150 e. The van der Waals surface area contributed by atoms with Gasteiger partial charge in [-0.15, -0.1) is 0 Å². The van der Waals surface area contributed by atoms with E-state index in [1.807, 2.05) is 19.9 Å². The third-order valence-electron chi connectivity index (χ3n) is 3.51. The van der Waals surface area contributed by atoms with Gasteiger partial charge in [-0.2, -0.15) is 4.91 Å². The molecule has 0 unspecified atom stereocenters. The van der Waals surface area contributed by atoms with Crippen molar-refractivity contribution in [2.24, 2.45) is 11.1 Å². The van der Waals surface area contributed by atoms with Crippen LogP contribution in [0, 0.1) is 10.8 Å². The predicted molar refractivity (Wildman–Crippen MR) is 73.9 cm³/mol. The van der Waals surface area contributed by atoms with E-state index in [1.54, 1.807) is 0 Å². The average molecular weight is 233 g/mol. The van der Waals surface area contributed by atoms with E-state index in [1.165, 1.54) is 37.7 Å². The van der Waals surface area contributed by atoms with Crippen molar-refractivity contribution < 1.29 is 0 Å². The van der Waals surface area contributed by atoms with Crippen LogP contribution in [-0.2, 0) is 0 Å². The van der Waals surface area contributed by atoms with Crippen molar-refractivity contribution in [3.8, 4) is 0 Å². The van der Waals surface area contributed by atoms with Crippen LogP contribution >= 0.6 is 0 Å². The lowest BCUT2D eigenvalue weighted by Crippen LogP contribution is -2.07. The van der Waals surface area contributed by atoms with Gasteiger partial charge in [0.2, 0.25) is 0 Å². The molecule has 1 aliphatic rings. The van der Waals surface area contributed by atoms with Crippen LogP contribution in [0.25, 0.3) is 0 Å². The highest BCUT2D eigenvalue weighted by Crippen LogP contribution is 2.29. The standard InChI is InChI=1S/C15H23NO/c1-12(2)15(11-16-17)10-9-13(3)14-7-5-4-6-8-14/h9-10,14H,3-8,11H2,1-2H3/b10-9-. The van der Waals surface area contributed by atoms with Gasteiger partial charge in [0, 0.05) is 0 Å². The summed E-state index contributed by atoms with van der Waals surface area (Å²) in [6, 6.07) is 0. The molecule has 1 rings (SSSR count). The van der Waals surface area contributed by atoms with Gasteiger partial charge < -0.3 is 0 Å². The SMILES string of the molecule is C=C(/C=C\C(CN=O)=C(C)C)C1CCCCC1. The van der Waals surface area contributed by atoms with Gasteiger partial charge in [0.1, 0.15) is 6.54 Å². The number of allylic oxidation sites excluding steroid dienone is 3. The second-order valence-corrected chi connectivity index (χ2v) is 5.06. The van der Waals surface area contributed by atoms with Crippen molar-refractivity contribution >= 4 is 0 Å². The van der Waals surface area contributed by atoms with Crippen LogP contribution in [0.5, 0.6) is 0 Å². The molecule has 0 aromatic carbocycles. The summed E-state index contributed by atoms with van der Waals surface area (Å²) in [6.45, 7) is 8.43. The van der Waals surface area contributed by atoms with Gasteiger partial charge in [0.15, 0.2) is 0 Å². The molecule has 2 heteroatoms. The molecule has 1 aliphatic carbocycles. The largest absolute Gasteiger partial charge is 0.150 e. The minimum absolute atomic E-state index is 0.261. The molecule has 0 aliphatic heterocycles. The van der Waals surface area contributed by atoms with E-state index < -0.39 is 0 Å². The first-order valence-corrected chi connectivity index (χ1v) is 6.47. The van der Waals surface area contributed by atoms with Gasteiger partial charge in [-0.05, 0) is 38.2 Å². The number of nitrogens with zero attached hydrogens (tertiary/aromatic N) is 1. The van der Waals surface area contributed by atoms with Crippen molar-refractivity contribution in [3.63, 3.8) is 0 Å². The summed E-state index contributed by atoms with van der Waals surface area (Å²) in [5, 5.41) is 2.96. The fraction of sp³-hybridized carbons (Fsp3) is 0.600. The molecule has 0 radical (unpaired) electrons. The quantitative estimate of drug-likeness (QED) is 0.496. The lowest BCUT2D eigenvalue weighted by molar-refractivity contribution is 0.409. The summed E-state index contributed by atoms with van der Waals surface area (Å²) in [5.41, 5.74) is 3.36. The summed E-state index contributed by atoms with van der Waals surface area (Å²) in [4.78, 5) is 10.3. The van der Waals surface area contributed by atoms with E-state index in [0.29, 0.717) is 5.92 Å².